The van der Waals surface area contributed by atoms with E-state index in [1.54, 1.807) is 0 Å². The van der Waals surface area contributed by atoms with Gasteiger partial charge in [-0.3, -0.25) is 4.57 Å². The van der Waals surface area contributed by atoms with Gasteiger partial charge in [-0.05, 0) is 9.91 Å². The Balaban J connectivity index is 3.33. The molecule has 0 bridgehead atoms. The summed E-state index contributed by atoms with van der Waals surface area (Å²) in [5, 5.41) is 14.8. The second-order valence-electron chi connectivity index (χ2n) is 3.79. The van der Waals surface area contributed by atoms with Gasteiger partial charge in [0.25, 0.3) is 0 Å². The summed E-state index contributed by atoms with van der Waals surface area (Å²) in [6.45, 7) is 1.39. The minimum absolute atomic E-state index is 0.126. The number of hydrogen-bond donors (Lipinski definition) is 1. The topological polar surface area (TPSA) is 155 Å². The number of aryl methyl sites for hydroxylation is 1. The van der Waals surface area contributed by atoms with E-state index in [-0.39, 0.29) is 5.82 Å². The number of nitro groups is 1. The van der Waals surface area contributed by atoms with Crippen LogP contribution in [0.15, 0.2) is 5.03 Å². The third kappa shape index (κ3) is 3.48. The van der Waals surface area contributed by atoms with E-state index in [9.17, 15) is 26.9 Å². The van der Waals surface area contributed by atoms with Crippen molar-refractivity contribution < 1.29 is 21.8 Å². The lowest BCUT2D eigenvalue weighted by Gasteiger charge is -2.04. The molecule has 108 valence electrons. The summed E-state index contributed by atoms with van der Waals surface area (Å²) in [6.07, 6.45) is 0. The molecule has 12 heteroatoms. The third-order valence-corrected chi connectivity index (χ3v) is 5.17. The Kier molecular flexibility index (Phi) is 3.97. The Morgan fingerprint density at radius 2 is 1.84 bits per heavy atom. The van der Waals surface area contributed by atoms with Crippen molar-refractivity contribution in [2.45, 2.75) is 11.9 Å². The molecule has 19 heavy (non-hydrogen) atoms. The number of hydrogen-bond acceptors (Lipinski definition) is 7. The van der Waals surface area contributed by atoms with Crippen LogP contribution in [0.3, 0.4) is 0 Å². The van der Waals surface area contributed by atoms with E-state index in [2.05, 4.69) is 4.98 Å². The number of sulfonamides is 1. The molecule has 1 aromatic rings. The lowest BCUT2D eigenvalue weighted by atomic mass is 10.7. The third-order valence-electron chi connectivity index (χ3n) is 2.35. The fourth-order valence-corrected chi connectivity index (χ4v) is 4.31. The summed E-state index contributed by atoms with van der Waals surface area (Å²) in [4.78, 5) is 13.3. The van der Waals surface area contributed by atoms with E-state index in [0.717, 1.165) is 4.57 Å². The fourth-order valence-electron chi connectivity index (χ4n) is 1.36. The Bertz CT molecular complexity index is 717. The zero-order chi connectivity index (χ0) is 15.0. The molecule has 0 atom stereocenters. The SMILES string of the molecule is Cc1nc([N+](=O)[O-])c(S(=O)(=O)CCS(N)(=O)=O)n1C. The number of aromatic nitrogens is 2. The minimum Gasteiger partial charge on any atom is -0.358 e. The molecule has 0 aromatic carbocycles. The van der Waals surface area contributed by atoms with Gasteiger partial charge in [0.2, 0.25) is 30.7 Å². The number of nitrogens with two attached hydrogens (primary N) is 1. The van der Waals surface area contributed by atoms with Crippen LogP contribution in [0.1, 0.15) is 5.82 Å². The monoisotopic (exact) mass is 312 g/mol. The highest BCUT2D eigenvalue weighted by Gasteiger charge is 2.34. The molecule has 0 saturated carbocycles. The van der Waals surface area contributed by atoms with Crippen LogP contribution in [0.2, 0.25) is 0 Å². The number of rotatable bonds is 5. The molecule has 1 heterocycles. The van der Waals surface area contributed by atoms with Crippen molar-refractivity contribution >= 4 is 25.7 Å². The van der Waals surface area contributed by atoms with Gasteiger partial charge in [0.1, 0.15) is 0 Å². The average molecular weight is 312 g/mol. The lowest BCUT2D eigenvalue weighted by Crippen LogP contribution is -2.24. The summed E-state index contributed by atoms with van der Waals surface area (Å²) in [6, 6.07) is 0. The summed E-state index contributed by atoms with van der Waals surface area (Å²) in [7, 11) is -6.87. The van der Waals surface area contributed by atoms with Gasteiger partial charge in [0.15, 0.2) is 0 Å². The molecule has 0 radical (unpaired) electrons. The van der Waals surface area contributed by atoms with Crippen LogP contribution in [-0.2, 0) is 26.9 Å². The second kappa shape index (κ2) is 4.86. The summed E-state index contributed by atoms with van der Waals surface area (Å²) >= 11 is 0. The fraction of sp³-hybridized carbons (Fsp3) is 0.571. The van der Waals surface area contributed by atoms with Crippen molar-refractivity contribution in [3.8, 4) is 0 Å². The van der Waals surface area contributed by atoms with Crippen molar-refractivity contribution in [2.75, 3.05) is 11.5 Å². The smallest absolute Gasteiger partial charge is 0.358 e. The van der Waals surface area contributed by atoms with Crippen LogP contribution in [-0.4, -0.2) is 42.8 Å². The first-order valence-electron chi connectivity index (χ1n) is 4.86. The molecule has 0 amide bonds. The summed E-state index contributed by atoms with van der Waals surface area (Å²) < 4.78 is 46.5. The summed E-state index contributed by atoms with van der Waals surface area (Å²) in [5.41, 5.74) is 0. The second-order valence-corrected chi connectivity index (χ2v) is 7.55. The van der Waals surface area contributed by atoms with Crippen molar-refractivity contribution in [1.82, 2.24) is 9.55 Å². The highest BCUT2D eigenvalue weighted by molar-refractivity contribution is 7.94. The highest BCUT2D eigenvalue weighted by atomic mass is 32.2. The van der Waals surface area contributed by atoms with Crippen LogP contribution < -0.4 is 5.14 Å². The van der Waals surface area contributed by atoms with Gasteiger partial charge in [-0.2, -0.15) is 0 Å². The molecule has 0 aliphatic carbocycles. The Labute approximate surface area is 109 Å². The number of sulfone groups is 1. The van der Waals surface area contributed by atoms with Crippen LogP contribution in [0.25, 0.3) is 0 Å². The Morgan fingerprint density at radius 1 is 1.32 bits per heavy atom. The largest absolute Gasteiger partial charge is 0.401 e. The van der Waals surface area contributed by atoms with Gasteiger partial charge >= 0.3 is 5.82 Å². The van der Waals surface area contributed by atoms with Crippen LogP contribution in [0.5, 0.6) is 0 Å². The highest BCUT2D eigenvalue weighted by Crippen LogP contribution is 2.24. The average Bonchev–Trinajstić information content (AvgIpc) is 2.53. The standard InChI is InChI=1S/C7H12N4O6S2/c1-5-9-6(11(12)13)7(10(5)2)18(14,15)3-4-19(8,16)17/h3-4H2,1-2H3,(H2,8,16,17). The molecule has 10 nitrogen and oxygen atoms in total. The molecule has 0 unspecified atom stereocenters. The molecule has 0 fully saturated rings. The van der Waals surface area contributed by atoms with Crippen molar-refractivity contribution in [3.05, 3.63) is 15.9 Å². The first-order valence-corrected chi connectivity index (χ1v) is 8.23. The van der Waals surface area contributed by atoms with E-state index in [1.807, 2.05) is 0 Å². The molecule has 0 spiro atoms. The van der Waals surface area contributed by atoms with Gasteiger partial charge in [-0.15, -0.1) is 0 Å². The molecular weight excluding hydrogens is 300 g/mol. The van der Waals surface area contributed by atoms with Crippen LogP contribution in [0, 0.1) is 17.0 Å². The first-order chi connectivity index (χ1) is 8.46. The lowest BCUT2D eigenvalue weighted by molar-refractivity contribution is -0.392. The van der Waals surface area contributed by atoms with E-state index in [1.165, 1.54) is 14.0 Å². The number of primary sulfonamides is 1. The maximum atomic E-state index is 12.0. The zero-order valence-electron chi connectivity index (χ0n) is 10.1. The van der Waals surface area contributed by atoms with Gasteiger partial charge in [0, 0.05) is 14.0 Å². The maximum absolute atomic E-state index is 12.0. The first kappa shape index (κ1) is 15.5. The molecule has 2 N–H and O–H groups in total. The van der Waals surface area contributed by atoms with E-state index in [0.29, 0.717) is 0 Å². The summed E-state index contributed by atoms with van der Waals surface area (Å²) in [5.74, 6) is -2.36. The molecule has 1 rings (SSSR count). The number of imidazole rings is 1. The molecular formula is C7H12N4O6S2. The molecule has 0 saturated heterocycles. The van der Waals surface area contributed by atoms with Gasteiger partial charge in [-0.25, -0.2) is 22.0 Å². The maximum Gasteiger partial charge on any atom is 0.401 e. The van der Waals surface area contributed by atoms with Gasteiger partial charge in [-0.1, -0.05) is 0 Å². The van der Waals surface area contributed by atoms with Crippen LogP contribution >= 0.6 is 0 Å². The predicted molar refractivity (Wildman–Crippen MR) is 64.6 cm³/mol. The van der Waals surface area contributed by atoms with E-state index in [4.69, 9.17) is 5.14 Å². The minimum atomic E-state index is -4.18. The van der Waals surface area contributed by atoms with E-state index < -0.39 is 47.1 Å². The molecule has 0 aliphatic rings. The van der Waals surface area contributed by atoms with Crippen LogP contribution in [0.4, 0.5) is 5.82 Å². The van der Waals surface area contributed by atoms with E-state index >= 15 is 0 Å². The Hall–Kier alpha value is -1.53. The van der Waals surface area contributed by atoms with Crippen molar-refractivity contribution in [3.63, 3.8) is 0 Å². The van der Waals surface area contributed by atoms with Crippen molar-refractivity contribution in [2.24, 2.45) is 12.2 Å². The normalized spacial score (nSPS) is 12.6. The molecule has 1 aromatic heterocycles. The van der Waals surface area contributed by atoms with Crippen molar-refractivity contribution in [1.29, 1.82) is 0 Å². The predicted octanol–water partition coefficient (Wildman–Crippen LogP) is -1.30. The quantitative estimate of drug-likeness (QED) is 0.523. The van der Waals surface area contributed by atoms with Gasteiger partial charge in [0.05, 0.1) is 11.5 Å². The Morgan fingerprint density at radius 3 is 2.26 bits per heavy atom. The van der Waals surface area contributed by atoms with Gasteiger partial charge < -0.3 is 10.1 Å². The number of nitrogens with zero attached hydrogens (tertiary/aromatic N) is 3. The molecule has 0 aliphatic heterocycles. The zero-order valence-corrected chi connectivity index (χ0v) is 11.7.